The SMILES string of the molecule is Cn1cc(C(=O)Nc2ccccc2CCC(C)(C)C)c(C(F)F)c1. The molecule has 0 bridgehead atoms. The van der Waals surface area contributed by atoms with Crippen molar-refractivity contribution in [2.45, 2.75) is 40.0 Å². The van der Waals surface area contributed by atoms with Gasteiger partial charge in [0.1, 0.15) is 0 Å². The van der Waals surface area contributed by atoms with Crippen LogP contribution in [0.25, 0.3) is 0 Å². The fourth-order valence-corrected chi connectivity index (χ4v) is 2.53. The Balaban J connectivity index is 2.21. The lowest BCUT2D eigenvalue weighted by molar-refractivity contribution is 0.101. The van der Waals surface area contributed by atoms with Crippen LogP contribution in [-0.2, 0) is 13.5 Å². The van der Waals surface area contributed by atoms with E-state index < -0.39 is 12.3 Å². The molecule has 0 aliphatic rings. The summed E-state index contributed by atoms with van der Waals surface area (Å²) < 4.78 is 27.6. The molecular weight excluding hydrogens is 310 g/mol. The van der Waals surface area contributed by atoms with Crippen molar-refractivity contribution in [1.82, 2.24) is 4.57 Å². The molecule has 0 atom stereocenters. The van der Waals surface area contributed by atoms with E-state index in [4.69, 9.17) is 0 Å². The molecule has 0 saturated carbocycles. The minimum absolute atomic E-state index is 0.0122. The van der Waals surface area contributed by atoms with Crippen molar-refractivity contribution in [3.63, 3.8) is 0 Å². The molecule has 1 aromatic heterocycles. The molecule has 24 heavy (non-hydrogen) atoms. The number of benzene rings is 1. The molecule has 0 saturated heterocycles. The van der Waals surface area contributed by atoms with Gasteiger partial charge in [0.15, 0.2) is 0 Å². The summed E-state index contributed by atoms with van der Waals surface area (Å²) in [7, 11) is 1.62. The predicted molar refractivity (Wildman–Crippen MR) is 92.5 cm³/mol. The minimum Gasteiger partial charge on any atom is -0.356 e. The molecule has 0 spiro atoms. The van der Waals surface area contributed by atoms with E-state index in [0.717, 1.165) is 18.4 Å². The summed E-state index contributed by atoms with van der Waals surface area (Å²) in [6.45, 7) is 6.48. The number of carbonyl (C=O) groups excluding carboxylic acids is 1. The van der Waals surface area contributed by atoms with Crippen molar-refractivity contribution in [3.05, 3.63) is 53.3 Å². The molecule has 0 aliphatic carbocycles. The molecule has 0 unspecified atom stereocenters. The van der Waals surface area contributed by atoms with Crippen LogP contribution in [0, 0.1) is 5.41 Å². The molecule has 0 fully saturated rings. The van der Waals surface area contributed by atoms with E-state index in [0.29, 0.717) is 5.69 Å². The third-order valence-electron chi connectivity index (χ3n) is 3.88. The van der Waals surface area contributed by atoms with Gasteiger partial charge in [-0.3, -0.25) is 4.79 Å². The Hall–Kier alpha value is -2.17. The monoisotopic (exact) mass is 334 g/mol. The first-order valence-corrected chi connectivity index (χ1v) is 8.00. The molecule has 1 N–H and O–H groups in total. The van der Waals surface area contributed by atoms with E-state index in [1.165, 1.54) is 17.0 Å². The summed E-state index contributed by atoms with van der Waals surface area (Å²) in [5.41, 5.74) is 1.63. The van der Waals surface area contributed by atoms with E-state index in [2.05, 4.69) is 26.1 Å². The molecule has 1 amide bonds. The average Bonchev–Trinajstić information content (AvgIpc) is 2.88. The molecule has 2 aromatic rings. The molecular formula is C19H24F2N2O. The second kappa shape index (κ2) is 7.16. The summed E-state index contributed by atoms with van der Waals surface area (Å²) in [5.74, 6) is -0.505. The number of carbonyl (C=O) groups is 1. The summed E-state index contributed by atoms with van der Waals surface area (Å²) >= 11 is 0. The Bertz CT molecular complexity index is 714. The van der Waals surface area contributed by atoms with Crippen LogP contribution in [0.5, 0.6) is 0 Å². The van der Waals surface area contributed by atoms with Gasteiger partial charge in [-0.1, -0.05) is 39.0 Å². The highest BCUT2D eigenvalue weighted by Gasteiger charge is 2.21. The van der Waals surface area contributed by atoms with Crippen molar-refractivity contribution < 1.29 is 13.6 Å². The van der Waals surface area contributed by atoms with Crippen LogP contribution in [-0.4, -0.2) is 10.5 Å². The van der Waals surface area contributed by atoms with Crippen molar-refractivity contribution in [2.24, 2.45) is 12.5 Å². The number of amides is 1. The van der Waals surface area contributed by atoms with Gasteiger partial charge in [-0.2, -0.15) is 0 Å². The van der Waals surface area contributed by atoms with Crippen LogP contribution < -0.4 is 5.32 Å². The Morgan fingerprint density at radius 3 is 2.50 bits per heavy atom. The van der Waals surface area contributed by atoms with Crippen molar-refractivity contribution in [1.29, 1.82) is 0 Å². The second-order valence-electron chi connectivity index (χ2n) is 7.27. The highest BCUT2D eigenvalue weighted by Crippen LogP contribution is 2.27. The first kappa shape index (κ1) is 18.2. The molecule has 1 aromatic carbocycles. The summed E-state index contributed by atoms with van der Waals surface area (Å²) in [6.07, 6.45) is 1.81. The number of aromatic nitrogens is 1. The number of aryl methyl sites for hydroxylation is 2. The van der Waals surface area contributed by atoms with Crippen LogP contribution in [0.4, 0.5) is 14.5 Å². The maximum Gasteiger partial charge on any atom is 0.266 e. The first-order chi connectivity index (χ1) is 11.2. The normalized spacial score (nSPS) is 11.8. The van der Waals surface area contributed by atoms with Gasteiger partial charge >= 0.3 is 0 Å². The Morgan fingerprint density at radius 1 is 1.21 bits per heavy atom. The van der Waals surface area contributed by atoms with E-state index in [1.807, 2.05) is 18.2 Å². The van der Waals surface area contributed by atoms with Crippen LogP contribution >= 0.6 is 0 Å². The van der Waals surface area contributed by atoms with Gasteiger partial charge in [0.25, 0.3) is 12.3 Å². The lowest BCUT2D eigenvalue weighted by atomic mass is 9.88. The number of nitrogens with one attached hydrogen (secondary N) is 1. The van der Waals surface area contributed by atoms with Crippen molar-refractivity contribution in [2.75, 3.05) is 5.32 Å². The van der Waals surface area contributed by atoms with Crippen molar-refractivity contribution >= 4 is 11.6 Å². The summed E-state index contributed by atoms with van der Waals surface area (Å²) in [5, 5.41) is 2.79. The molecule has 3 nitrogen and oxygen atoms in total. The number of nitrogens with zero attached hydrogens (tertiary/aromatic N) is 1. The first-order valence-electron chi connectivity index (χ1n) is 8.00. The van der Waals surface area contributed by atoms with E-state index >= 15 is 0 Å². The summed E-state index contributed by atoms with van der Waals surface area (Å²) in [4.78, 5) is 12.4. The van der Waals surface area contributed by atoms with Gasteiger partial charge in [0.05, 0.1) is 5.56 Å². The number of alkyl halides is 2. The third-order valence-corrected chi connectivity index (χ3v) is 3.88. The van der Waals surface area contributed by atoms with Gasteiger partial charge in [-0.15, -0.1) is 0 Å². The molecule has 1 heterocycles. The lowest BCUT2D eigenvalue weighted by Crippen LogP contribution is -2.15. The Labute approximate surface area is 141 Å². The number of halogens is 2. The predicted octanol–water partition coefficient (Wildman–Crippen LogP) is 5.19. The zero-order chi connectivity index (χ0) is 17.9. The number of rotatable bonds is 5. The zero-order valence-electron chi connectivity index (χ0n) is 14.6. The largest absolute Gasteiger partial charge is 0.356 e. The molecule has 5 heteroatoms. The van der Waals surface area contributed by atoms with E-state index in [1.54, 1.807) is 13.1 Å². The fraction of sp³-hybridized carbons (Fsp3) is 0.421. The van der Waals surface area contributed by atoms with Crippen LogP contribution in [0.3, 0.4) is 0 Å². The van der Waals surface area contributed by atoms with E-state index in [-0.39, 0.29) is 16.5 Å². The number of para-hydroxylation sites is 1. The average molecular weight is 334 g/mol. The molecule has 130 valence electrons. The van der Waals surface area contributed by atoms with Gasteiger partial charge in [0, 0.05) is 30.7 Å². The van der Waals surface area contributed by atoms with Crippen LogP contribution in [0.2, 0.25) is 0 Å². The molecule has 0 aliphatic heterocycles. The number of hydrogen-bond acceptors (Lipinski definition) is 1. The highest BCUT2D eigenvalue weighted by molar-refractivity contribution is 6.05. The Morgan fingerprint density at radius 2 is 1.88 bits per heavy atom. The minimum atomic E-state index is -2.68. The standard InChI is InChI=1S/C19H24F2N2O/c1-19(2,3)10-9-13-7-5-6-8-16(13)22-18(24)15-12-23(4)11-14(15)17(20)21/h5-8,11-12,17H,9-10H2,1-4H3,(H,22,24). The van der Waals surface area contributed by atoms with E-state index in [9.17, 15) is 13.6 Å². The zero-order valence-corrected chi connectivity index (χ0v) is 14.6. The van der Waals surface area contributed by atoms with Crippen molar-refractivity contribution in [3.8, 4) is 0 Å². The molecule has 2 rings (SSSR count). The number of hydrogen-bond donors (Lipinski definition) is 1. The molecule has 0 radical (unpaired) electrons. The number of anilines is 1. The topological polar surface area (TPSA) is 34.0 Å². The second-order valence-corrected chi connectivity index (χ2v) is 7.27. The Kier molecular flexibility index (Phi) is 5.42. The summed E-state index contributed by atoms with van der Waals surface area (Å²) in [6, 6.07) is 7.51. The smallest absolute Gasteiger partial charge is 0.266 e. The van der Waals surface area contributed by atoms with Gasteiger partial charge in [-0.25, -0.2) is 8.78 Å². The van der Waals surface area contributed by atoms with Crippen LogP contribution in [0.1, 0.15) is 55.1 Å². The fourth-order valence-electron chi connectivity index (χ4n) is 2.53. The third kappa shape index (κ3) is 4.66. The van der Waals surface area contributed by atoms with Gasteiger partial charge in [0.2, 0.25) is 0 Å². The quantitative estimate of drug-likeness (QED) is 0.802. The van der Waals surface area contributed by atoms with Crippen LogP contribution in [0.15, 0.2) is 36.7 Å². The van der Waals surface area contributed by atoms with Gasteiger partial charge < -0.3 is 9.88 Å². The highest BCUT2D eigenvalue weighted by atomic mass is 19.3. The maximum absolute atomic E-state index is 13.1. The van der Waals surface area contributed by atoms with Gasteiger partial charge in [-0.05, 0) is 29.9 Å². The maximum atomic E-state index is 13.1. The lowest BCUT2D eigenvalue weighted by Gasteiger charge is -2.19.